The normalized spacial score (nSPS) is 14.2. The van der Waals surface area contributed by atoms with Gasteiger partial charge in [-0.3, -0.25) is 0 Å². The maximum Gasteiger partial charge on any atom is 2.00 e. The van der Waals surface area contributed by atoms with Crippen molar-refractivity contribution in [3.05, 3.63) is 235 Å². The van der Waals surface area contributed by atoms with Crippen LogP contribution in [0.2, 0.25) is 0 Å². The van der Waals surface area contributed by atoms with E-state index in [2.05, 4.69) is 0 Å². The average Bonchev–Trinajstić information content (AvgIpc) is 0.711. The molecule has 51 heteroatoms. The van der Waals surface area contributed by atoms with Crippen molar-refractivity contribution in [1.82, 2.24) is 0 Å². The molecule has 0 radical (unpaired) electrons. The first-order chi connectivity index (χ1) is 50.5. The molecule has 0 saturated heterocycles. The summed E-state index contributed by atoms with van der Waals surface area (Å²) in [4.78, 5) is 0. The number of benzene rings is 8. The number of alkyl halides is 48. The topological polar surface area (TPSA) is 0 Å². The van der Waals surface area contributed by atoms with E-state index in [4.69, 9.17) is 0 Å². The van der Waals surface area contributed by atoms with Crippen LogP contribution in [0.25, 0.3) is 0 Å². The molecular weight excluding hydrogens is 1740 g/mol. The average molecular weight is 1770 g/mol. The monoisotopic (exact) mass is 1770 g/mol. The second-order valence-corrected chi connectivity index (χ2v) is 24.4. The van der Waals surface area contributed by atoms with Crippen LogP contribution in [0.15, 0.2) is 146 Å². The smallest absolute Gasteiger partial charge is 0.194 e. The number of hydrogen-bond donors (Lipinski definition) is 0. The Labute approximate surface area is 635 Å². The van der Waals surface area contributed by atoms with Gasteiger partial charge in [-0.2, -0.15) is 254 Å². The summed E-state index contributed by atoms with van der Waals surface area (Å²) in [6, 6.07) is -17.6. The summed E-state index contributed by atoms with van der Waals surface area (Å²) in [5, 5.41) is 0. The third-order valence-corrected chi connectivity index (χ3v) is 16.9. The molecule has 8 aromatic carbocycles. The molecule has 0 aliphatic rings. The second-order valence-electron chi connectivity index (χ2n) is 24.4. The largest absolute Gasteiger partial charge is 2.00 e. The molecule has 0 atom stereocenters. The van der Waals surface area contributed by atoms with E-state index in [-0.39, 0.29) is 37.7 Å². The van der Waals surface area contributed by atoms with Gasteiger partial charge < -0.3 is 0 Å². The SMILES string of the molecule is FC(F)(F)c1cc([B-](c2cc(C(F)(F)F)cc(C(F)(F)F)c2)(c2cc(C(F)(F)F)cc(C(F)(F)F)c2)c2cc(C(F)(F)F)cc(C(F)(F)F)c2)cc(C(F)(F)F)c1.FC(F)(F)c1cc([B-](c2cc(C(F)(F)F)cc(C(F)(F)F)c2)(c2cc(C(F)(F)F)cc(C(F)(F)F)c2)c2cc(C(F)(F)F)cc(C(F)(F)F)c2)cc(C(F)(F)F)c1.[Ca+2]. The first-order valence-electron chi connectivity index (χ1n) is 29.2. The van der Waals surface area contributed by atoms with Gasteiger partial charge in [-0.1, -0.05) is 97.1 Å². The molecule has 0 saturated carbocycles. The molecule has 0 amide bonds. The van der Waals surface area contributed by atoms with Crippen molar-refractivity contribution in [3.63, 3.8) is 0 Å². The van der Waals surface area contributed by atoms with Crippen LogP contribution in [0.1, 0.15) is 89.0 Å². The maximum atomic E-state index is 14.2. The van der Waals surface area contributed by atoms with Crippen LogP contribution in [-0.2, 0) is 98.8 Å². The van der Waals surface area contributed by atoms with Gasteiger partial charge in [0.25, 0.3) is 0 Å². The molecule has 115 heavy (non-hydrogen) atoms. The fourth-order valence-electron chi connectivity index (χ4n) is 12.1. The van der Waals surface area contributed by atoms with Crippen LogP contribution < -0.4 is 43.7 Å². The van der Waals surface area contributed by atoms with Crippen molar-refractivity contribution in [2.24, 2.45) is 0 Å². The Morgan fingerprint density at radius 2 is 0.157 bits per heavy atom. The zero-order chi connectivity index (χ0) is 87.8. The molecule has 0 nitrogen and oxygen atoms in total. The van der Waals surface area contributed by atoms with Gasteiger partial charge in [0.2, 0.25) is 0 Å². The Morgan fingerprint density at radius 3 is 0.200 bits per heavy atom. The molecule has 0 spiro atoms. The maximum absolute atomic E-state index is 14.2. The van der Waals surface area contributed by atoms with Crippen LogP contribution in [-0.4, -0.2) is 50.0 Å². The second kappa shape index (κ2) is 30.3. The molecule has 8 aromatic rings. The molecule has 0 aliphatic heterocycles. The predicted octanol–water partition coefficient (Wildman–Crippen LogP) is 22.0. The molecule has 0 bridgehead atoms. The summed E-state index contributed by atoms with van der Waals surface area (Å²) in [5.74, 6) is 0. The Kier molecular flexibility index (Phi) is 25.2. The summed E-state index contributed by atoms with van der Waals surface area (Å²) in [6.45, 7) is 0. The van der Waals surface area contributed by atoms with E-state index in [1.165, 1.54) is 0 Å². The van der Waals surface area contributed by atoms with Gasteiger partial charge in [-0.15, -0.1) is 0 Å². The van der Waals surface area contributed by atoms with Crippen LogP contribution in [0, 0.1) is 0 Å². The summed E-state index contributed by atoms with van der Waals surface area (Å²) in [5.41, 5.74) is -60.4. The Morgan fingerprint density at radius 1 is 0.104 bits per heavy atom. The Hall–Kier alpha value is -8.21. The third-order valence-electron chi connectivity index (χ3n) is 16.9. The van der Waals surface area contributed by atoms with E-state index in [1.54, 1.807) is 0 Å². The molecule has 8 rings (SSSR count). The number of halogens is 48. The minimum Gasteiger partial charge on any atom is -0.194 e. The first kappa shape index (κ1) is 95.6. The summed E-state index contributed by atoms with van der Waals surface area (Å²) in [6.07, 6.45) is -110. The summed E-state index contributed by atoms with van der Waals surface area (Å²) < 4.78 is 682. The fraction of sp³-hybridized carbons (Fsp3) is 0.250. The predicted molar refractivity (Wildman–Crippen MR) is 306 cm³/mol. The van der Waals surface area contributed by atoms with Gasteiger partial charge in [0, 0.05) is 0 Å². The van der Waals surface area contributed by atoms with Crippen molar-refractivity contribution in [1.29, 1.82) is 0 Å². The number of hydrogen-bond acceptors (Lipinski definition) is 0. The van der Waals surface area contributed by atoms with Crippen LogP contribution in [0.4, 0.5) is 211 Å². The van der Waals surface area contributed by atoms with E-state index in [9.17, 15) is 211 Å². The molecular formula is C64H24B2CaF48. The number of rotatable bonds is 8. The zero-order valence-electron chi connectivity index (χ0n) is 53.9. The van der Waals surface area contributed by atoms with Gasteiger partial charge in [0.05, 0.1) is 89.0 Å². The molecule has 624 valence electrons. The quantitative estimate of drug-likeness (QED) is 0.105. The molecule has 0 unspecified atom stereocenters. The van der Waals surface area contributed by atoms with Crippen molar-refractivity contribution in [3.8, 4) is 0 Å². The van der Waals surface area contributed by atoms with E-state index in [1.807, 2.05) is 0 Å². The molecule has 0 N–H and O–H groups in total. The van der Waals surface area contributed by atoms with Gasteiger partial charge in [-0.05, 0) is 48.5 Å². The Bertz CT molecular complexity index is 3710. The Balaban J connectivity index is 0.000000355. The van der Waals surface area contributed by atoms with E-state index >= 15 is 0 Å². The minimum absolute atomic E-state index is 0. The van der Waals surface area contributed by atoms with Gasteiger partial charge in [0.1, 0.15) is 12.3 Å². The first-order valence-corrected chi connectivity index (χ1v) is 29.2. The standard InChI is InChI=1S/2C32H12BF24.Ca/c2*34-25(35,36)13-1-14(26(37,38)39)6-21(5-13)33(22-7-15(27(40,41)42)2-16(8-22)28(43,44)45,23-9-17(29(46,47)48)3-18(10-23)30(49,50)51)24-11-19(31(52,53)54)4-20(12-24)32(55,56)57;/h2*1-12H;/q2*-1;+2. The van der Waals surface area contributed by atoms with Crippen LogP contribution in [0.3, 0.4) is 0 Å². The van der Waals surface area contributed by atoms with Crippen molar-refractivity contribution in [2.75, 3.05) is 0 Å². The molecule has 0 aliphatic carbocycles. The van der Waals surface area contributed by atoms with E-state index in [0.717, 1.165) is 0 Å². The summed E-state index contributed by atoms with van der Waals surface area (Å²) in [7, 11) is 0. The van der Waals surface area contributed by atoms with Gasteiger partial charge in [-0.25, -0.2) is 0 Å². The van der Waals surface area contributed by atoms with E-state index < -0.39 is 389 Å². The van der Waals surface area contributed by atoms with E-state index in [0.29, 0.717) is 0 Å². The molecule has 0 aromatic heterocycles. The minimum atomic E-state index is -6.13. The van der Waals surface area contributed by atoms with Crippen molar-refractivity contribution in [2.45, 2.75) is 98.8 Å². The third kappa shape index (κ3) is 21.2. The van der Waals surface area contributed by atoms with Crippen LogP contribution in [0.5, 0.6) is 0 Å². The van der Waals surface area contributed by atoms with Gasteiger partial charge in [0.15, 0.2) is 0 Å². The van der Waals surface area contributed by atoms with Crippen molar-refractivity contribution >= 4 is 93.7 Å². The zero-order valence-corrected chi connectivity index (χ0v) is 56.1. The van der Waals surface area contributed by atoms with Gasteiger partial charge >= 0.3 is 137 Å². The fourth-order valence-corrected chi connectivity index (χ4v) is 12.1. The molecule has 0 fully saturated rings. The van der Waals surface area contributed by atoms with Crippen LogP contribution >= 0.6 is 0 Å². The molecule has 0 heterocycles. The van der Waals surface area contributed by atoms with Crippen molar-refractivity contribution < 1.29 is 211 Å². The summed E-state index contributed by atoms with van der Waals surface area (Å²) >= 11 is 0.